The Balaban J connectivity index is 0.00000144. The van der Waals surface area contributed by atoms with Gasteiger partial charge in [0.2, 0.25) is 13.1 Å². The van der Waals surface area contributed by atoms with E-state index in [-0.39, 0.29) is 23.7 Å². The van der Waals surface area contributed by atoms with Crippen LogP contribution in [0.15, 0.2) is 31.4 Å². The number of carbonyl (C=O) groups excluding carboxylic acids is 1. The number of aromatic nitrogens is 2. The Morgan fingerprint density at radius 3 is 2.92 bits per heavy atom. The zero-order valence-electron chi connectivity index (χ0n) is 7.31. The summed E-state index contributed by atoms with van der Waals surface area (Å²) in [6, 6.07) is 0. The second-order valence-electron chi connectivity index (χ2n) is 2.39. The lowest BCUT2D eigenvalue weighted by atomic mass is 10.7. The predicted octanol–water partition coefficient (Wildman–Crippen LogP) is -3.00. The van der Waals surface area contributed by atoms with Gasteiger partial charge in [-0.25, -0.2) is 13.9 Å². The molecule has 5 heteroatoms. The number of carbonyl (C=O) groups is 1. The van der Waals surface area contributed by atoms with Gasteiger partial charge in [-0.05, 0) is 0 Å². The maximum Gasteiger partial charge on any atom is 0.333 e. The quantitative estimate of drug-likeness (QED) is 0.324. The molecule has 13 heavy (non-hydrogen) atoms. The number of rotatable bonds is 3. The molecule has 1 heterocycles. The summed E-state index contributed by atoms with van der Waals surface area (Å²) >= 11 is 0. The highest BCUT2D eigenvalue weighted by atomic mass is 79.9. The minimum absolute atomic E-state index is 0. The van der Waals surface area contributed by atoms with Crippen LogP contribution in [0.25, 0.3) is 0 Å². The molecule has 0 unspecified atom stereocenters. The van der Waals surface area contributed by atoms with E-state index in [9.17, 15) is 4.79 Å². The minimum Gasteiger partial charge on any atom is -1.00 e. The number of imidazole rings is 1. The number of hydrogen-bond donors (Lipinski definition) is 0. The van der Waals surface area contributed by atoms with Gasteiger partial charge in [-0.1, -0.05) is 6.58 Å². The molecule has 72 valence electrons. The molecule has 1 aromatic heterocycles. The van der Waals surface area contributed by atoms with Crippen LogP contribution in [0, 0.1) is 0 Å². The zero-order chi connectivity index (χ0) is 8.97. The molecule has 0 fully saturated rings. The van der Waals surface area contributed by atoms with Crippen LogP contribution in [0.3, 0.4) is 0 Å². The van der Waals surface area contributed by atoms with E-state index < -0.39 is 5.97 Å². The molecular weight excluding hydrogens is 236 g/mol. The lowest BCUT2D eigenvalue weighted by molar-refractivity contribution is -0.726. The van der Waals surface area contributed by atoms with Crippen molar-refractivity contribution in [2.45, 2.75) is 6.73 Å². The summed E-state index contributed by atoms with van der Waals surface area (Å²) in [5, 5.41) is 0. The van der Waals surface area contributed by atoms with Crippen molar-refractivity contribution in [3.8, 4) is 0 Å². The molecule has 0 aliphatic carbocycles. The summed E-state index contributed by atoms with van der Waals surface area (Å²) in [4.78, 5) is 10.6. The molecule has 0 amide bonds. The van der Waals surface area contributed by atoms with Crippen molar-refractivity contribution < 1.29 is 31.1 Å². The van der Waals surface area contributed by atoms with Crippen molar-refractivity contribution in [2.24, 2.45) is 7.05 Å². The largest absolute Gasteiger partial charge is 1.00 e. The van der Waals surface area contributed by atoms with Crippen LogP contribution in [0.4, 0.5) is 0 Å². The molecule has 0 aliphatic heterocycles. The first-order valence-electron chi connectivity index (χ1n) is 3.52. The number of ether oxygens (including phenoxy) is 1. The second kappa shape index (κ2) is 5.53. The van der Waals surface area contributed by atoms with Crippen molar-refractivity contribution in [3.05, 3.63) is 31.4 Å². The van der Waals surface area contributed by atoms with Crippen LogP contribution < -0.4 is 21.5 Å². The van der Waals surface area contributed by atoms with Crippen LogP contribution in [0.2, 0.25) is 0 Å². The van der Waals surface area contributed by atoms with Crippen molar-refractivity contribution >= 4 is 5.97 Å². The summed E-state index contributed by atoms with van der Waals surface area (Å²) in [5.74, 6) is -0.411. The molecule has 0 bridgehead atoms. The lowest BCUT2D eigenvalue weighted by Gasteiger charge is -1.95. The summed E-state index contributed by atoms with van der Waals surface area (Å²) in [6.45, 7) is 3.52. The van der Waals surface area contributed by atoms with Crippen molar-refractivity contribution in [1.82, 2.24) is 4.57 Å². The summed E-state index contributed by atoms with van der Waals surface area (Å²) in [7, 11) is 1.89. The first-order valence-corrected chi connectivity index (χ1v) is 3.52. The molecule has 4 nitrogen and oxygen atoms in total. The van der Waals surface area contributed by atoms with Crippen LogP contribution in [0.1, 0.15) is 0 Å². The van der Waals surface area contributed by atoms with Gasteiger partial charge in [0.05, 0.1) is 7.05 Å². The van der Waals surface area contributed by atoms with Gasteiger partial charge >= 0.3 is 5.97 Å². The number of aryl methyl sites for hydroxylation is 1. The topological polar surface area (TPSA) is 35.1 Å². The summed E-state index contributed by atoms with van der Waals surface area (Å²) in [5.41, 5.74) is 0. The molecule has 0 atom stereocenters. The van der Waals surface area contributed by atoms with E-state index in [1.807, 2.05) is 30.3 Å². The Bertz CT molecular complexity index is 296. The second-order valence-corrected chi connectivity index (χ2v) is 2.39. The Kier molecular flexibility index (Phi) is 5.06. The fraction of sp³-hybridized carbons (Fsp3) is 0.250. The normalized spacial score (nSPS) is 8.69. The predicted molar refractivity (Wildman–Crippen MR) is 41.9 cm³/mol. The monoisotopic (exact) mass is 246 g/mol. The van der Waals surface area contributed by atoms with E-state index in [2.05, 4.69) is 6.58 Å². The highest BCUT2D eigenvalue weighted by Gasteiger charge is 2.01. The van der Waals surface area contributed by atoms with Crippen LogP contribution >= 0.6 is 0 Å². The van der Waals surface area contributed by atoms with Crippen LogP contribution in [0.5, 0.6) is 0 Å². The fourth-order valence-electron chi connectivity index (χ4n) is 0.775. The van der Waals surface area contributed by atoms with Gasteiger partial charge in [0, 0.05) is 6.08 Å². The molecule has 0 aliphatic rings. The SMILES string of the molecule is C=CC(=O)OC[n+]1ccn(C)c1.[Br-]. The van der Waals surface area contributed by atoms with Crippen molar-refractivity contribution in [3.63, 3.8) is 0 Å². The van der Waals surface area contributed by atoms with Crippen LogP contribution in [-0.4, -0.2) is 10.5 Å². The van der Waals surface area contributed by atoms with Gasteiger partial charge in [0.1, 0.15) is 12.4 Å². The molecule has 0 aromatic carbocycles. The summed E-state index contributed by atoms with van der Waals surface area (Å²) in [6.07, 6.45) is 6.64. The average molecular weight is 247 g/mol. The van der Waals surface area contributed by atoms with Gasteiger partial charge in [-0.15, -0.1) is 0 Å². The molecule has 1 rings (SSSR count). The first-order chi connectivity index (χ1) is 5.72. The number of esters is 1. The third-order valence-corrected chi connectivity index (χ3v) is 1.35. The van der Waals surface area contributed by atoms with E-state index >= 15 is 0 Å². The molecular formula is C8H11BrN2O2. The molecule has 1 aromatic rings. The Hall–Kier alpha value is -1.10. The fourth-order valence-corrected chi connectivity index (χ4v) is 0.775. The molecule has 0 saturated heterocycles. The lowest BCUT2D eigenvalue weighted by Crippen LogP contribution is -3.00. The van der Waals surface area contributed by atoms with Gasteiger partial charge in [0.15, 0.2) is 0 Å². The molecule has 0 saturated carbocycles. The van der Waals surface area contributed by atoms with Crippen molar-refractivity contribution in [1.29, 1.82) is 0 Å². The smallest absolute Gasteiger partial charge is 0.333 e. The highest BCUT2D eigenvalue weighted by Crippen LogP contribution is 1.81. The Morgan fingerprint density at radius 2 is 2.46 bits per heavy atom. The number of nitrogens with zero attached hydrogens (tertiary/aromatic N) is 2. The van der Waals surface area contributed by atoms with Gasteiger partial charge in [0.25, 0.3) is 0 Å². The van der Waals surface area contributed by atoms with E-state index in [1.54, 1.807) is 4.57 Å². The Morgan fingerprint density at radius 1 is 1.77 bits per heavy atom. The first kappa shape index (κ1) is 11.9. The van der Waals surface area contributed by atoms with E-state index in [0.29, 0.717) is 0 Å². The third-order valence-electron chi connectivity index (χ3n) is 1.35. The average Bonchev–Trinajstić information content (AvgIpc) is 2.47. The number of hydrogen-bond acceptors (Lipinski definition) is 2. The van der Waals surface area contributed by atoms with E-state index in [0.717, 1.165) is 6.08 Å². The molecule has 0 radical (unpaired) electrons. The van der Waals surface area contributed by atoms with Gasteiger partial charge in [-0.3, -0.25) is 0 Å². The van der Waals surface area contributed by atoms with Gasteiger partial charge < -0.3 is 21.7 Å². The maximum atomic E-state index is 10.6. The number of halogens is 1. The highest BCUT2D eigenvalue weighted by molar-refractivity contribution is 5.80. The summed E-state index contributed by atoms with van der Waals surface area (Å²) < 4.78 is 8.40. The molecule has 0 N–H and O–H groups in total. The maximum absolute atomic E-state index is 10.6. The minimum atomic E-state index is -0.411. The zero-order valence-corrected chi connectivity index (χ0v) is 8.90. The Labute approximate surface area is 87.2 Å². The van der Waals surface area contributed by atoms with E-state index in [4.69, 9.17) is 4.74 Å². The molecule has 0 spiro atoms. The third kappa shape index (κ3) is 3.89. The van der Waals surface area contributed by atoms with Crippen molar-refractivity contribution in [2.75, 3.05) is 0 Å². The van der Waals surface area contributed by atoms with Gasteiger partial charge in [-0.2, -0.15) is 0 Å². The van der Waals surface area contributed by atoms with E-state index in [1.165, 1.54) is 0 Å². The van der Waals surface area contributed by atoms with Crippen LogP contribution in [-0.2, 0) is 23.3 Å². The standard InChI is InChI=1S/C8H11N2O2.BrH/c1-3-8(11)12-7-10-5-4-9(2)6-10;/h3-6H,1,7H2,2H3;1H/q+1;/p-1.